The highest BCUT2D eigenvalue weighted by Crippen LogP contribution is 2.29. The molecule has 22 heavy (non-hydrogen) atoms. The van der Waals surface area contributed by atoms with E-state index in [0.717, 1.165) is 6.07 Å². The van der Waals surface area contributed by atoms with Crippen LogP contribution in [0.25, 0.3) is 22.5 Å². The second kappa shape index (κ2) is 5.32. The van der Waals surface area contributed by atoms with Gasteiger partial charge in [-0.05, 0) is 40.3 Å². The average Bonchev–Trinajstić information content (AvgIpc) is 3.04. The zero-order valence-electron chi connectivity index (χ0n) is 10.9. The lowest BCUT2D eigenvalue weighted by atomic mass is 9.99. The van der Waals surface area contributed by atoms with Gasteiger partial charge >= 0.3 is 5.97 Å². The van der Waals surface area contributed by atoms with E-state index in [0.29, 0.717) is 5.56 Å². The normalized spacial score (nSPS) is 10.6. The van der Waals surface area contributed by atoms with Crippen LogP contribution in [0.15, 0.2) is 36.4 Å². The van der Waals surface area contributed by atoms with Crippen molar-refractivity contribution in [2.24, 2.45) is 0 Å². The van der Waals surface area contributed by atoms with E-state index in [1.165, 1.54) is 30.3 Å². The Bertz CT molecular complexity index is 850. The topological polar surface area (TPSA) is 91.8 Å². The molecule has 0 fully saturated rings. The minimum atomic E-state index is -1.20. The van der Waals surface area contributed by atoms with Crippen LogP contribution in [0.5, 0.6) is 0 Å². The van der Waals surface area contributed by atoms with Crippen LogP contribution >= 0.6 is 0 Å². The lowest BCUT2D eigenvalue weighted by molar-refractivity contribution is 0.0697. The molecule has 6 nitrogen and oxygen atoms in total. The lowest BCUT2D eigenvalue weighted by Gasteiger charge is -2.08. The fourth-order valence-electron chi connectivity index (χ4n) is 2.05. The summed E-state index contributed by atoms with van der Waals surface area (Å²) in [6, 6.07) is 7.77. The van der Waals surface area contributed by atoms with Crippen molar-refractivity contribution in [3.63, 3.8) is 0 Å². The van der Waals surface area contributed by atoms with E-state index in [1.54, 1.807) is 0 Å². The number of H-pyrrole nitrogens is 1. The first-order valence-corrected chi connectivity index (χ1v) is 6.13. The van der Waals surface area contributed by atoms with Gasteiger partial charge in [0.25, 0.3) is 0 Å². The predicted octanol–water partition coefficient (Wildman–Crippen LogP) is 2.51. The van der Waals surface area contributed by atoms with Crippen LogP contribution in [0.3, 0.4) is 0 Å². The molecule has 0 spiro atoms. The van der Waals surface area contributed by atoms with Gasteiger partial charge in [0.2, 0.25) is 0 Å². The minimum Gasteiger partial charge on any atom is -0.478 e. The maximum absolute atomic E-state index is 13.9. The second-order valence-electron chi connectivity index (χ2n) is 4.46. The quantitative estimate of drug-likeness (QED) is 0.775. The summed E-state index contributed by atoms with van der Waals surface area (Å²) in [6.07, 6.45) is 0. The number of carboxylic acid groups (broad SMARTS) is 1. The molecule has 0 saturated carbocycles. The summed E-state index contributed by atoms with van der Waals surface area (Å²) in [7, 11) is 0. The minimum absolute atomic E-state index is 0.0446. The van der Waals surface area contributed by atoms with Crippen molar-refractivity contribution in [2.75, 3.05) is 0 Å². The number of aromatic amines is 1. The maximum Gasteiger partial charge on any atom is 0.335 e. The van der Waals surface area contributed by atoms with E-state index in [-0.39, 0.29) is 22.5 Å². The lowest BCUT2D eigenvalue weighted by Crippen LogP contribution is -1.99. The number of tetrazole rings is 1. The number of nitrogens with zero attached hydrogens (tertiary/aromatic N) is 3. The van der Waals surface area contributed by atoms with Gasteiger partial charge in [0, 0.05) is 11.1 Å². The van der Waals surface area contributed by atoms with Crippen molar-refractivity contribution in [1.82, 2.24) is 20.6 Å². The van der Waals surface area contributed by atoms with Crippen molar-refractivity contribution >= 4 is 5.97 Å². The summed E-state index contributed by atoms with van der Waals surface area (Å²) in [6.45, 7) is 0. The summed E-state index contributed by atoms with van der Waals surface area (Å²) >= 11 is 0. The number of aromatic nitrogens is 4. The number of aromatic carboxylic acids is 1. The number of nitrogens with one attached hydrogen (secondary N) is 1. The van der Waals surface area contributed by atoms with Crippen LogP contribution in [-0.4, -0.2) is 31.7 Å². The smallest absolute Gasteiger partial charge is 0.335 e. The Morgan fingerprint density at radius 1 is 1.14 bits per heavy atom. The summed E-state index contributed by atoms with van der Waals surface area (Å²) in [5, 5.41) is 22.2. The Morgan fingerprint density at radius 2 is 1.91 bits per heavy atom. The van der Waals surface area contributed by atoms with Crippen LogP contribution in [0.1, 0.15) is 10.4 Å². The van der Waals surface area contributed by atoms with Crippen LogP contribution in [-0.2, 0) is 0 Å². The molecule has 3 aromatic rings. The van der Waals surface area contributed by atoms with Crippen LogP contribution < -0.4 is 0 Å². The molecule has 110 valence electrons. The number of hydrogen-bond donors (Lipinski definition) is 2. The van der Waals surface area contributed by atoms with Crippen molar-refractivity contribution in [1.29, 1.82) is 0 Å². The highest BCUT2D eigenvalue weighted by atomic mass is 19.2. The first-order chi connectivity index (χ1) is 10.6. The monoisotopic (exact) mass is 302 g/mol. The Balaban J connectivity index is 2.23. The van der Waals surface area contributed by atoms with Crippen molar-refractivity contribution in [3.8, 4) is 22.5 Å². The molecule has 0 atom stereocenters. The summed E-state index contributed by atoms with van der Waals surface area (Å²) in [5.41, 5.74) is 0.427. The molecule has 0 aliphatic rings. The highest BCUT2D eigenvalue weighted by molar-refractivity contribution is 5.91. The van der Waals surface area contributed by atoms with Gasteiger partial charge < -0.3 is 5.11 Å². The Morgan fingerprint density at radius 3 is 2.59 bits per heavy atom. The van der Waals surface area contributed by atoms with Crippen molar-refractivity contribution < 1.29 is 18.7 Å². The zero-order chi connectivity index (χ0) is 15.7. The summed E-state index contributed by atoms with van der Waals surface area (Å²) in [4.78, 5) is 11.2. The first kappa shape index (κ1) is 13.8. The van der Waals surface area contributed by atoms with Gasteiger partial charge in [-0.15, -0.1) is 5.10 Å². The van der Waals surface area contributed by atoms with E-state index in [4.69, 9.17) is 0 Å². The van der Waals surface area contributed by atoms with Gasteiger partial charge in [-0.3, -0.25) is 0 Å². The predicted molar refractivity (Wildman–Crippen MR) is 71.9 cm³/mol. The van der Waals surface area contributed by atoms with E-state index in [9.17, 15) is 18.7 Å². The zero-order valence-corrected chi connectivity index (χ0v) is 10.9. The molecule has 0 radical (unpaired) electrons. The van der Waals surface area contributed by atoms with Crippen molar-refractivity contribution in [2.45, 2.75) is 0 Å². The SMILES string of the molecule is O=C(O)c1cc(-c2nnn[nH]2)cc(-c2cccc(F)c2F)c1. The molecular weight excluding hydrogens is 294 g/mol. The van der Waals surface area contributed by atoms with Gasteiger partial charge in [0.1, 0.15) is 0 Å². The van der Waals surface area contributed by atoms with Crippen molar-refractivity contribution in [3.05, 3.63) is 53.6 Å². The third-order valence-corrected chi connectivity index (χ3v) is 3.06. The standard InChI is InChI=1S/C14H8F2N4O2/c15-11-3-1-2-10(12(11)16)7-4-8(13-17-19-20-18-13)6-9(5-7)14(21)22/h1-6H,(H,21,22)(H,17,18,19,20). The van der Waals surface area contributed by atoms with Gasteiger partial charge in [0.15, 0.2) is 17.5 Å². The molecule has 2 aromatic carbocycles. The Kier molecular flexibility index (Phi) is 3.34. The highest BCUT2D eigenvalue weighted by Gasteiger charge is 2.15. The molecule has 3 rings (SSSR count). The van der Waals surface area contributed by atoms with E-state index < -0.39 is 17.6 Å². The Hall–Kier alpha value is -3.16. The number of rotatable bonds is 3. The molecule has 2 N–H and O–H groups in total. The summed E-state index contributed by atoms with van der Waals surface area (Å²) < 4.78 is 27.3. The average molecular weight is 302 g/mol. The van der Waals surface area contributed by atoms with E-state index in [1.807, 2.05) is 0 Å². The van der Waals surface area contributed by atoms with Gasteiger partial charge in [0.05, 0.1) is 5.56 Å². The van der Waals surface area contributed by atoms with Crippen LogP contribution in [0.4, 0.5) is 8.78 Å². The van der Waals surface area contributed by atoms with Crippen LogP contribution in [0.2, 0.25) is 0 Å². The van der Waals surface area contributed by atoms with Gasteiger partial charge in [-0.2, -0.15) is 0 Å². The van der Waals surface area contributed by atoms with E-state index >= 15 is 0 Å². The first-order valence-electron chi connectivity index (χ1n) is 6.13. The fourth-order valence-corrected chi connectivity index (χ4v) is 2.05. The van der Waals surface area contributed by atoms with Crippen LogP contribution in [0, 0.1) is 11.6 Å². The maximum atomic E-state index is 13.9. The van der Waals surface area contributed by atoms with Gasteiger partial charge in [-0.25, -0.2) is 18.7 Å². The summed E-state index contributed by atoms with van der Waals surface area (Å²) in [5.74, 6) is -3.04. The largest absolute Gasteiger partial charge is 0.478 e. The van der Waals surface area contributed by atoms with E-state index in [2.05, 4.69) is 20.6 Å². The number of halogens is 2. The fraction of sp³-hybridized carbons (Fsp3) is 0. The molecule has 0 amide bonds. The number of hydrogen-bond acceptors (Lipinski definition) is 4. The second-order valence-corrected chi connectivity index (χ2v) is 4.46. The molecule has 0 saturated heterocycles. The molecular formula is C14H8F2N4O2. The number of benzene rings is 2. The Labute approximate surface area is 122 Å². The molecule has 0 bridgehead atoms. The molecule has 0 aliphatic heterocycles. The molecule has 1 aromatic heterocycles. The van der Waals surface area contributed by atoms with Gasteiger partial charge in [-0.1, -0.05) is 12.1 Å². The molecule has 0 unspecified atom stereocenters. The number of carboxylic acids is 1. The molecule has 0 aliphatic carbocycles. The molecule has 8 heteroatoms. The molecule has 1 heterocycles. The third kappa shape index (κ3) is 2.41. The number of carbonyl (C=O) groups is 1. The third-order valence-electron chi connectivity index (χ3n) is 3.06.